The van der Waals surface area contributed by atoms with Gasteiger partial charge >= 0.3 is 0 Å². The Kier molecular flexibility index (Phi) is 3.53. The van der Waals surface area contributed by atoms with Crippen molar-refractivity contribution >= 4 is 34.6 Å². The molecule has 2 heterocycles. The highest BCUT2D eigenvalue weighted by atomic mass is 16.2. The van der Waals surface area contributed by atoms with E-state index >= 15 is 0 Å². The number of benzene rings is 2. The third-order valence-electron chi connectivity index (χ3n) is 4.89. The molecular weight excluding hydrogens is 314 g/mol. The molecule has 4 rings (SSSR count). The number of carbonyl (C=O) groups is 2. The van der Waals surface area contributed by atoms with Gasteiger partial charge in [-0.3, -0.25) is 9.59 Å². The molecule has 2 aliphatic heterocycles. The van der Waals surface area contributed by atoms with Crippen LogP contribution < -0.4 is 16.0 Å². The Morgan fingerprint density at radius 1 is 0.880 bits per heavy atom. The monoisotopic (exact) mass is 335 g/mol. The Morgan fingerprint density at radius 2 is 1.64 bits per heavy atom. The van der Waals surface area contributed by atoms with Crippen molar-refractivity contribution in [2.45, 2.75) is 33.1 Å². The van der Waals surface area contributed by atoms with Crippen LogP contribution in [-0.2, 0) is 22.4 Å². The minimum atomic E-state index is -0.401. The third kappa shape index (κ3) is 2.97. The maximum Gasteiger partial charge on any atom is 0.230 e. The van der Waals surface area contributed by atoms with Crippen LogP contribution >= 0.6 is 0 Å². The van der Waals surface area contributed by atoms with Gasteiger partial charge < -0.3 is 16.0 Å². The van der Waals surface area contributed by atoms with Gasteiger partial charge in [0.1, 0.15) is 0 Å². The number of hydrogen-bond acceptors (Lipinski definition) is 3. The molecule has 0 radical (unpaired) electrons. The van der Waals surface area contributed by atoms with E-state index in [0.717, 1.165) is 34.7 Å². The molecule has 2 aromatic rings. The van der Waals surface area contributed by atoms with Crippen LogP contribution in [0.15, 0.2) is 36.4 Å². The minimum absolute atomic E-state index is 0.0612. The summed E-state index contributed by atoms with van der Waals surface area (Å²) in [6, 6.07) is 12.0. The Hall–Kier alpha value is -2.82. The molecule has 0 aliphatic carbocycles. The lowest BCUT2D eigenvalue weighted by Gasteiger charge is -2.30. The highest BCUT2D eigenvalue weighted by Gasteiger charge is 2.33. The van der Waals surface area contributed by atoms with E-state index in [2.05, 4.69) is 28.1 Å². The Balaban J connectivity index is 1.59. The zero-order valence-electron chi connectivity index (χ0n) is 14.4. The number of anilines is 4. The van der Waals surface area contributed by atoms with E-state index in [1.807, 2.05) is 38.1 Å². The number of amides is 2. The van der Waals surface area contributed by atoms with Gasteiger partial charge in [-0.25, -0.2) is 0 Å². The van der Waals surface area contributed by atoms with Crippen LogP contribution in [0.2, 0.25) is 0 Å². The van der Waals surface area contributed by atoms with Gasteiger partial charge in [0.05, 0.1) is 0 Å². The van der Waals surface area contributed by atoms with Gasteiger partial charge in [-0.05, 0) is 54.3 Å². The van der Waals surface area contributed by atoms with Crippen molar-refractivity contribution in [3.63, 3.8) is 0 Å². The van der Waals surface area contributed by atoms with Gasteiger partial charge in [0.2, 0.25) is 11.8 Å². The number of hydrogen-bond donors (Lipinski definition) is 3. The number of aryl methyl sites for hydroxylation is 1. The van der Waals surface area contributed by atoms with E-state index in [0.29, 0.717) is 12.8 Å². The summed E-state index contributed by atoms with van der Waals surface area (Å²) in [5.74, 6) is 0.127. The summed E-state index contributed by atoms with van der Waals surface area (Å²) in [7, 11) is 0. The number of carbonyl (C=O) groups excluding carboxylic acids is 2. The number of rotatable bonds is 2. The quantitative estimate of drug-likeness (QED) is 0.781. The summed E-state index contributed by atoms with van der Waals surface area (Å²) < 4.78 is 0. The second kappa shape index (κ2) is 5.62. The molecule has 0 unspecified atom stereocenters. The molecule has 0 saturated heterocycles. The van der Waals surface area contributed by atoms with Crippen LogP contribution in [0.1, 0.15) is 31.4 Å². The smallest absolute Gasteiger partial charge is 0.230 e. The molecule has 0 bridgehead atoms. The first-order valence-electron chi connectivity index (χ1n) is 8.55. The first-order valence-corrected chi connectivity index (χ1v) is 8.55. The van der Waals surface area contributed by atoms with Crippen LogP contribution in [0, 0.1) is 5.41 Å². The van der Waals surface area contributed by atoms with Gasteiger partial charge in [0.25, 0.3) is 0 Å². The van der Waals surface area contributed by atoms with Crippen molar-refractivity contribution in [1.29, 1.82) is 0 Å². The van der Waals surface area contributed by atoms with Gasteiger partial charge in [0.15, 0.2) is 0 Å². The molecule has 5 heteroatoms. The van der Waals surface area contributed by atoms with Crippen LogP contribution in [0.3, 0.4) is 0 Å². The third-order valence-corrected chi connectivity index (χ3v) is 4.89. The molecule has 0 aromatic heterocycles. The summed E-state index contributed by atoms with van der Waals surface area (Å²) in [4.78, 5) is 23.6. The Labute approximate surface area is 146 Å². The standard InChI is InChI=1S/C20H21N3O2/c1-20(2)11-13-9-14(6-7-16(13)23-19(20)25)21-15-5-3-12-4-8-18(24)22-17(12)10-15/h3,5-7,9-10,21H,4,8,11H2,1-2H3,(H,22,24)(H,23,25). The number of fused-ring (bicyclic) bond motifs is 2. The lowest BCUT2D eigenvalue weighted by Crippen LogP contribution is -2.37. The molecular formula is C20H21N3O2. The molecule has 2 amide bonds. The average molecular weight is 335 g/mol. The highest BCUT2D eigenvalue weighted by Crippen LogP contribution is 2.35. The van der Waals surface area contributed by atoms with Crippen molar-refractivity contribution in [3.8, 4) is 0 Å². The van der Waals surface area contributed by atoms with Crippen LogP contribution in [0.25, 0.3) is 0 Å². The van der Waals surface area contributed by atoms with Crippen molar-refractivity contribution in [2.75, 3.05) is 16.0 Å². The van der Waals surface area contributed by atoms with Crippen molar-refractivity contribution < 1.29 is 9.59 Å². The lowest BCUT2D eigenvalue weighted by atomic mass is 9.81. The van der Waals surface area contributed by atoms with Gasteiger partial charge in [-0.15, -0.1) is 0 Å². The van der Waals surface area contributed by atoms with Crippen LogP contribution in [0.4, 0.5) is 22.7 Å². The van der Waals surface area contributed by atoms with E-state index in [4.69, 9.17) is 0 Å². The summed E-state index contributed by atoms with van der Waals surface area (Å²) in [6.07, 6.45) is 2.05. The molecule has 128 valence electrons. The fourth-order valence-corrected chi connectivity index (χ4v) is 3.40. The van der Waals surface area contributed by atoms with Crippen molar-refractivity contribution in [1.82, 2.24) is 0 Å². The van der Waals surface area contributed by atoms with Crippen LogP contribution in [0.5, 0.6) is 0 Å². The van der Waals surface area contributed by atoms with Crippen molar-refractivity contribution in [3.05, 3.63) is 47.5 Å². The molecule has 0 spiro atoms. The first-order chi connectivity index (χ1) is 11.9. The van der Waals surface area contributed by atoms with Gasteiger partial charge in [-0.2, -0.15) is 0 Å². The molecule has 0 atom stereocenters. The van der Waals surface area contributed by atoms with Gasteiger partial charge in [0, 0.05) is 34.6 Å². The fourth-order valence-electron chi connectivity index (χ4n) is 3.40. The van der Waals surface area contributed by atoms with Crippen molar-refractivity contribution in [2.24, 2.45) is 5.41 Å². The molecule has 5 nitrogen and oxygen atoms in total. The summed E-state index contributed by atoms with van der Waals surface area (Å²) in [5, 5.41) is 9.29. The molecule has 0 fully saturated rings. The topological polar surface area (TPSA) is 70.2 Å². The van der Waals surface area contributed by atoms with E-state index < -0.39 is 5.41 Å². The maximum atomic E-state index is 12.1. The normalized spacial score (nSPS) is 17.8. The Bertz CT molecular complexity index is 887. The van der Waals surface area contributed by atoms with E-state index in [-0.39, 0.29) is 11.8 Å². The van der Waals surface area contributed by atoms with E-state index in [9.17, 15) is 9.59 Å². The predicted molar refractivity (Wildman–Crippen MR) is 99.2 cm³/mol. The summed E-state index contributed by atoms with van der Waals surface area (Å²) >= 11 is 0. The lowest BCUT2D eigenvalue weighted by molar-refractivity contribution is -0.124. The highest BCUT2D eigenvalue weighted by molar-refractivity contribution is 5.98. The maximum absolute atomic E-state index is 12.1. The first kappa shape index (κ1) is 15.7. The largest absolute Gasteiger partial charge is 0.355 e. The molecule has 2 aromatic carbocycles. The second-order valence-electron chi connectivity index (χ2n) is 7.43. The minimum Gasteiger partial charge on any atom is -0.355 e. The Morgan fingerprint density at radius 3 is 2.48 bits per heavy atom. The zero-order chi connectivity index (χ0) is 17.6. The second-order valence-corrected chi connectivity index (χ2v) is 7.43. The summed E-state index contributed by atoms with van der Waals surface area (Å²) in [5.41, 5.74) is 5.55. The molecule has 3 N–H and O–H groups in total. The van der Waals surface area contributed by atoms with Gasteiger partial charge in [-0.1, -0.05) is 19.9 Å². The van der Waals surface area contributed by atoms with E-state index in [1.54, 1.807) is 0 Å². The summed E-state index contributed by atoms with van der Waals surface area (Å²) in [6.45, 7) is 3.91. The predicted octanol–water partition coefficient (Wildman–Crippen LogP) is 3.84. The van der Waals surface area contributed by atoms with E-state index in [1.165, 1.54) is 5.56 Å². The molecule has 2 aliphatic rings. The number of nitrogens with one attached hydrogen (secondary N) is 3. The molecule has 0 saturated carbocycles. The SMILES string of the molecule is CC1(C)Cc2cc(Nc3ccc4c(c3)NC(=O)CC4)ccc2NC1=O. The fraction of sp³-hybridized carbons (Fsp3) is 0.300. The van der Waals surface area contributed by atoms with Crippen LogP contribution in [-0.4, -0.2) is 11.8 Å². The molecule has 25 heavy (non-hydrogen) atoms. The average Bonchev–Trinajstić information content (AvgIpc) is 2.55. The zero-order valence-corrected chi connectivity index (χ0v) is 14.4.